The molecule has 0 amide bonds. The zero-order valence-electron chi connectivity index (χ0n) is 11.4. The van der Waals surface area contributed by atoms with E-state index in [4.69, 9.17) is 0 Å². The molecule has 1 aromatic rings. The maximum absolute atomic E-state index is 11.1. The second-order valence-corrected chi connectivity index (χ2v) is 5.05. The lowest BCUT2D eigenvalue weighted by molar-refractivity contribution is -0.522. The Morgan fingerprint density at radius 1 is 1.21 bits per heavy atom. The number of hydrogen-bond donors (Lipinski definition) is 0. The van der Waals surface area contributed by atoms with Gasteiger partial charge in [-0.05, 0) is 12.1 Å². The fourth-order valence-corrected chi connectivity index (χ4v) is 2.53. The first-order valence-electron chi connectivity index (χ1n) is 6.81. The lowest BCUT2D eigenvalue weighted by Crippen LogP contribution is -2.39. The monoisotopic (exact) mass is 263 g/mol. The van der Waals surface area contributed by atoms with Crippen molar-refractivity contribution in [2.45, 2.75) is 19.5 Å². The van der Waals surface area contributed by atoms with E-state index in [9.17, 15) is 10.1 Å². The van der Waals surface area contributed by atoms with E-state index in [0.717, 1.165) is 26.2 Å². The Hall–Kier alpha value is -1.46. The minimum atomic E-state index is -0.480. The predicted molar refractivity (Wildman–Crippen MR) is 74.6 cm³/mol. The molecule has 104 valence electrons. The Bertz CT molecular complexity index is 410. The van der Waals surface area contributed by atoms with Crippen LogP contribution in [-0.4, -0.2) is 53.5 Å². The first-order chi connectivity index (χ1) is 9.19. The summed E-state index contributed by atoms with van der Waals surface area (Å²) < 4.78 is 0. The summed E-state index contributed by atoms with van der Waals surface area (Å²) in [6.45, 7) is 6.64. The Morgan fingerprint density at radius 2 is 1.84 bits per heavy atom. The second kappa shape index (κ2) is 6.63. The van der Waals surface area contributed by atoms with Gasteiger partial charge in [0, 0.05) is 24.6 Å². The van der Waals surface area contributed by atoms with Crippen LogP contribution in [0, 0.1) is 10.1 Å². The van der Waals surface area contributed by atoms with Crippen LogP contribution in [0.3, 0.4) is 0 Å². The predicted octanol–water partition coefficient (Wildman–Crippen LogP) is 1.47. The van der Waals surface area contributed by atoms with Crippen LogP contribution in [0.2, 0.25) is 0 Å². The first kappa shape index (κ1) is 14.0. The van der Waals surface area contributed by atoms with Gasteiger partial charge in [-0.25, -0.2) is 0 Å². The van der Waals surface area contributed by atoms with Gasteiger partial charge >= 0.3 is 0 Å². The zero-order valence-corrected chi connectivity index (χ0v) is 11.4. The van der Waals surface area contributed by atoms with E-state index in [1.807, 2.05) is 18.2 Å². The van der Waals surface area contributed by atoms with Crippen molar-refractivity contribution in [3.8, 4) is 0 Å². The number of nitro groups is 1. The van der Waals surface area contributed by atoms with E-state index < -0.39 is 6.04 Å². The third-order valence-electron chi connectivity index (χ3n) is 3.66. The molecular formula is C14H21N3O2. The molecule has 0 aliphatic carbocycles. The summed E-state index contributed by atoms with van der Waals surface area (Å²) >= 11 is 0. The molecule has 1 aliphatic rings. The maximum Gasteiger partial charge on any atom is 0.238 e. The third kappa shape index (κ3) is 4.01. The molecule has 1 saturated heterocycles. The molecule has 5 nitrogen and oxygen atoms in total. The molecule has 0 N–H and O–H groups in total. The molecule has 1 unspecified atom stereocenters. The van der Waals surface area contributed by atoms with Crippen molar-refractivity contribution in [1.82, 2.24) is 9.80 Å². The van der Waals surface area contributed by atoms with Crippen LogP contribution in [0.4, 0.5) is 0 Å². The average molecular weight is 263 g/mol. The molecule has 1 fully saturated rings. The van der Waals surface area contributed by atoms with Crippen LogP contribution in [0.15, 0.2) is 30.3 Å². The summed E-state index contributed by atoms with van der Waals surface area (Å²) in [6.07, 6.45) is 0. The standard InChI is InChI=1S/C14H21N3O2/c1-2-15-8-9-16(12-14(11-15)17(18)19)10-13-6-4-3-5-7-13/h3-7,14H,2,8-12H2,1H3. The SMILES string of the molecule is CCN1CCN(Cc2ccccc2)CC([N+](=O)[O-])C1. The van der Waals surface area contributed by atoms with Gasteiger partial charge in [-0.1, -0.05) is 37.3 Å². The average Bonchev–Trinajstić information content (AvgIpc) is 2.62. The molecule has 0 bridgehead atoms. The molecular weight excluding hydrogens is 242 g/mol. The Balaban J connectivity index is 2.02. The highest BCUT2D eigenvalue weighted by atomic mass is 16.6. The molecule has 0 radical (unpaired) electrons. The highest BCUT2D eigenvalue weighted by molar-refractivity contribution is 5.14. The summed E-state index contributed by atoms with van der Waals surface area (Å²) in [5.74, 6) is 0. The van der Waals surface area contributed by atoms with Crippen LogP contribution in [0.25, 0.3) is 0 Å². The van der Waals surface area contributed by atoms with Crippen molar-refractivity contribution < 1.29 is 4.92 Å². The van der Waals surface area contributed by atoms with Crippen LogP contribution >= 0.6 is 0 Å². The van der Waals surface area contributed by atoms with Gasteiger partial charge in [0.15, 0.2) is 0 Å². The summed E-state index contributed by atoms with van der Waals surface area (Å²) in [5, 5.41) is 11.1. The molecule has 1 atom stereocenters. The summed E-state index contributed by atoms with van der Waals surface area (Å²) in [6, 6.07) is 9.68. The fraction of sp³-hybridized carbons (Fsp3) is 0.571. The van der Waals surface area contributed by atoms with Crippen molar-refractivity contribution in [1.29, 1.82) is 0 Å². The first-order valence-corrected chi connectivity index (χ1v) is 6.81. The zero-order chi connectivity index (χ0) is 13.7. The van der Waals surface area contributed by atoms with Crippen molar-refractivity contribution in [2.75, 3.05) is 32.7 Å². The van der Waals surface area contributed by atoms with E-state index in [2.05, 4.69) is 28.9 Å². The van der Waals surface area contributed by atoms with Crippen LogP contribution in [0.1, 0.15) is 12.5 Å². The van der Waals surface area contributed by atoms with Crippen molar-refractivity contribution in [3.05, 3.63) is 46.0 Å². The van der Waals surface area contributed by atoms with Gasteiger partial charge in [-0.2, -0.15) is 0 Å². The number of hydrogen-bond acceptors (Lipinski definition) is 4. The normalized spacial score (nSPS) is 22.1. The fourth-order valence-electron chi connectivity index (χ4n) is 2.53. The summed E-state index contributed by atoms with van der Waals surface area (Å²) in [5.41, 5.74) is 1.22. The molecule has 19 heavy (non-hydrogen) atoms. The minimum absolute atomic E-state index is 0.133. The smallest absolute Gasteiger partial charge is 0.238 e. The van der Waals surface area contributed by atoms with E-state index >= 15 is 0 Å². The van der Waals surface area contributed by atoms with Crippen LogP contribution in [0.5, 0.6) is 0 Å². The van der Waals surface area contributed by atoms with Crippen molar-refractivity contribution in [2.24, 2.45) is 0 Å². The topological polar surface area (TPSA) is 49.6 Å². The van der Waals surface area contributed by atoms with Gasteiger partial charge in [-0.3, -0.25) is 19.9 Å². The van der Waals surface area contributed by atoms with E-state index in [1.54, 1.807) is 0 Å². The van der Waals surface area contributed by atoms with E-state index in [1.165, 1.54) is 5.56 Å². The van der Waals surface area contributed by atoms with Gasteiger partial charge in [-0.15, -0.1) is 0 Å². The molecule has 0 spiro atoms. The molecule has 5 heteroatoms. The molecule has 2 rings (SSSR count). The van der Waals surface area contributed by atoms with Crippen LogP contribution < -0.4 is 0 Å². The Morgan fingerprint density at radius 3 is 2.47 bits per heavy atom. The quantitative estimate of drug-likeness (QED) is 0.610. The highest BCUT2D eigenvalue weighted by Crippen LogP contribution is 2.10. The minimum Gasteiger partial charge on any atom is -0.296 e. The molecule has 1 aromatic carbocycles. The second-order valence-electron chi connectivity index (χ2n) is 5.05. The maximum atomic E-state index is 11.1. The van der Waals surface area contributed by atoms with E-state index in [-0.39, 0.29) is 4.92 Å². The largest absolute Gasteiger partial charge is 0.296 e. The lowest BCUT2D eigenvalue weighted by Gasteiger charge is -2.20. The summed E-state index contributed by atoms with van der Waals surface area (Å²) in [4.78, 5) is 15.3. The number of nitrogens with zero attached hydrogens (tertiary/aromatic N) is 3. The molecule has 1 aliphatic heterocycles. The van der Waals surface area contributed by atoms with Crippen molar-refractivity contribution in [3.63, 3.8) is 0 Å². The van der Waals surface area contributed by atoms with Gasteiger partial charge in [0.25, 0.3) is 0 Å². The highest BCUT2D eigenvalue weighted by Gasteiger charge is 2.29. The summed E-state index contributed by atoms with van der Waals surface area (Å²) in [7, 11) is 0. The number of likely N-dealkylation sites (N-methyl/N-ethyl adjacent to an activating group) is 1. The Labute approximate surface area is 114 Å². The lowest BCUT2D eigenvalue weighted by atomic mass is 10.2. The van der Waals surface area contributed by atoms with Gasteiger partial charge in [0.2, 0.25) is 6.04 Å². The molecule has 1 heterocycles. The third-order valence-corrected chi connectivity index (χ3v) is 3.66. The van der Waals surface area contributed by atoms with Crippen LogP contribution in [-0.2, 0) is 6.54 Å². The Kier molecular flexibility index (Phi) is 4.87. The van der Waals surface area contributed by atoms with E-state index in [0.29, 0.717) is 13.1 Å². The van der Waals surface area contributed by atoms with Gasteiger partial charge in [0.1, 0.15) is 0 Å². The van der Waals surface area contributed by atoms with Gasteiger partial charge < -0.3 is 0 Å². The number of rotatable bonds is 4. The molecule has 0 aromatic heterocycles. The number of benzene rings is 1. The molecule has 0 saturated carbocycles. The van der Waals surface area contributed by atoms with Gasteiger partial charge in [0.05, 0.1) is 13.1 Å². The van der Waals surface area contributed by atoms with Crippen molar-refractivity contribution >= 4 is 0 Å².